The maximum atomic E-state index is 12.7. The van der Waals surface area contributed by atoms with Crippen LogP contribution in [0.4, 0.5) is 11.5 Å². The number of amidine groups is 1. The average molecular weight is 386 g/mol. The molecule has 1 aromatic carbocycles. The molecule has 2 aromatic heterocycles. The van der Waals surface area contributed by atoms with E-state index in [1.54, 1.807) is 30.8 Å². The van der Waals surface area contributed by atoms with Gasteiger partial charge >= 0.3 is 0 Å². The molecule has 0 aliphatic carbocycles. The first-order valence-electron chi connectivity index (χ1n) is 8.08. The van der Waals surface area contributed by atoms with Crippen molar-refractivity contribution in [3.05, 3.63) is 52.1 Å². The van der Waals surface area contributed by atoms with Crippen LogP contribution in [0.1, 0.15) is 11.4 Å². The monoisotopic (exact) mass is 386 g/mol. The smallest absolute Gasteiger partial charge is 0.295 e. The van der Waals surface area contributed by atoms with Crippen LogP contribution in [0.5, 0.6) is 0 Å². The number of para-hydroxylation sites is 1. The summed E-state index contributed by atoms with van der Waals surface area (Å²) in [4.78, 5) is 29.7. The third kappa shape index (κ3) is 3.56. The number of nitrogens with two attached hydrogens (primary N) is 2. The van der Waals surface area contributed by atoms with Crippen molar-refractivity contribution in [1.82, 2.24) is 19.7 Å². The Hall–Kier alpha value is -4.09. The molecule has 12 heteroatoms. The van der Waals surface area contributed by atoms with Crippen LogP contribution in [0, 0.1) is 6.92 Å². The van der Waals surface area contributed by atoms with Crippen LogP contribution in [0.2, 0.25) is 0 Å². The largest absolute Gasteiger partial charge is 0.384 e. The van der Waals surface area contributed by atoms with Gasteiger partial charge in [-0.2, -0.15) is 0 Å². The zero-order chi connectivity index (χ0) is 20.3. The molecule has 5 N–H and O–H groups in total. The van der Waals surface area contributed by atoms with Gasteiger partial charge in [0, 0.05) is 7.05 Å². The average Bonchev–Trinajstić information content (AvgIpc) is 3.19. The van der Waals surface area contributed by atoms with Crippen molar-refractivity contribution >= 4 is 23.2 Å². The summed E-state index contributed by atoms with van der Waals surface area (Å²) >= 11 is 0. The molecule has 1 amide bonds. The van der Waals surface area contributed by atoms with Crippen molar-refractivity contribution in [2.24, 2.45) is 17.9 Å². The number of carbonyl (C=O) groups is 1. The SMILES string of the molecule is Cc1c(NC(=O)CO/N=C(\N)c2nonc2N)c(=O)n(-c2ccccc2)n1C. The van der Waals surface area contributed by atoms with E-state index in [0.29, 0.717) is 11.4 Å². The Labute approximate surface area is 158 Å². The molecule has 0 bridgehead atoms. The van der Waals surface area contributed by atoms with Crippen molar-refractivity contribution in [2.75, 3.05) is 17.7 Å². The summed E-state index contributed by atoms with van der Waals surface area (Å²) in [5, 5.41) is 12.9. The van der Waals surface area contributed by atoms with Gasteiger partial charge in [-0.05, 0) is 29.4 Å². The normalized spacial score (nSPS) is 11.4. The third-order valence-corrected chi connectivity index (χ3v) is 3.93. The van der Waals surface area contributed by atoms with Crippen molar-refractivity contribution in [3.63, 3.8) is 0 Å². The van der Waals surface area contributed by atoms with Crippen molar-refractivity contribution in [3.8, 4) is 5.69 Å². The maximum Gasteiger partial charge on any atom is 0.295 e. The Bertz CT molecular complexity index is 1080. The van der Waals surface area contributed by atoms with Crippen LogP contribution >= 0.6 is 0 Å². The van der Waals surface area contributed by atoms with Gasteiger partial charge in [-0.25, -0.2) is 9.31 Å². The van der Waals surface area contributed by atoms with E-state index in [1.807, 2.05) is 18.2 Å². The van der Waals surface area contributed by atoms with Gasteiger partial charge in [0.2, 0.25) is 0 Å². The molecule has 0 aliphatic rings. The van der Waals surface area contributed by atoms with Gasteiger partial charge < -0.3 is 21.6 Å². The van der Waals surface area contributed by atoms with E-state index in [4.69, 9.17) is 16.3 Å². The number of aromatic nitrogens is 4. The predicted molar refractivity (Wildman–Crippen MR) is 99.8 cm³/mol. The summed E-state index contributed by atoms with van der Waals surface area (Å²) in [5.74, 6) is -0.849. The van der Waals surface area contributed by atoms with Crippen LogP contribution in [0.25, 0.3) is 5.69 Å². The standard InChI is InChI=1S/C16H18N8O4/c1-9-12(16(26)24(23(9)2)10-6-4-3-5-7-10)19-11(25)8-27-21-14(17)13-15(18)22-28-20-13/h3-7H,8H2,1-2H3,(H2,17,21)(H2,18,22)(H,19,25). The number of rotatable bonds is 6. The van der Waals surface area contributed by atoms with E-state index >= 15 is 0 Å². The highest BCUT2D eigenvalue weighted by Crippen LogP contribution is 2.13. The molecule has 0 saturated carbocycles. The predicted octanol–water partition coefficient (Wildman–Crippen LogP) is -0.275. The number of anilines is 2. The van der Waals surface area contributed by atoms with Gasteiger partial charge in [-0.3, -0.25) is 14.3 Å². The second-order valence-electron chi connectivity index (χ2n) is 5.73. The quantitative estimate of drug-likeness (QED) is 0.295. The third-order valence-electron chi connectivity index (χ3n) is 3.93. The zero-order valence-electron chi connectivity index (χ0n) is 15.1. The highest BCUT2D eigenvalue weighted by molar-refractivity contribution is 5.98. The lowest BCUT2D eigenvalue weighted by molar-refractivity contribution is -0.120. The highest BCUT2D eigenvalue weighted by atomic mass is 16.6. The summed E-state index contributed by atoms with van der Waals surface area (Å²) in [6.07, 6.45) is 0. The molecule has 3 aromatic rings. The fourth-order valence-corrected chi connectivity index (χ4v) is 2.46. The molecule has 0 atom stereocenters. The Morgan fingerprint density at radius 2 is 2.04 bits per heavy atom. The minimum absolute atomic E-state index is 0.00468. The molecule has 12 nitrogen and oxygen atoms in total. The minimum atomic E-state index is -0.589. The number of amides is 1. The second kappa shape index (κ2) is 7.65. The van der Waals surface area contributed by atoms with E-state index in [0.717, 1.165) is 0 Å². The van der Waals surface area contributed by atoms with Gasteiger partial charge in [0.05, 0.1) is 11.4 Å². The van der Waals surface area contributed by atoms with E-state index < -0.39 is 12.5 Å². The van der Waals surface area contributed by atoms with Gasteiger partial charge in [-0.15, -0.1) is 0 Å². The molecular formula is C16H18N8O4. The van der Waals surface area contributed by atoms with E-state index in [-0.39, 0.29) is 28.6 Å². The molecular weight excluding hydrogens is 368 g/mol. The lowest BCUT2D eigenvalue weighted by Crippen LogP contribution is -2.25. The number of nitrogens with zero attached hydrogens (tertiary/aromatic N) is 5. The molecule has 2 heterocycles. The topological polar surface area (TPSA) is 169 Å². The van der Waals surface area contributed by atoms with Crippen LogP contribution in [-0.2, 0) is 16.7 Å². The second-order valence-corrected chi connectivity index (χ2v) is 5.73. The summed E-state index contributed by atoms with van der Waals surface area (Å²) in [6.45, 7) is 1.23. The Morgan fingerprint density at radius 3 is 2.68 bits per heavy atom. The Kier molecular flexibility index (Phi) is 5.11. The first kappa shape index (κ1) is 18.7. The van der Waals surface area contributed by atoms with Crippen molar-refractivity contribution in [1.29, 1.82) is 0 Å². The van der Waals surface area contributed by atoms with E-state index in [1.165, 1.54) is 4.68 Å². The van der Waals surface area contributed by atoms with Gasteiger partial charge in [0.1, 0.15) is 5.69 Å². The lowest BCUT2D eigenvalue weighted by Gasteiger charge is -2.07. The minimum Gasteiger partial charge on any atom is -0.384 e. The zero-order valence-corrected chi connectivity index (χ0v) is 15.1. The van der Waals surface area contributed by atoms with Crippen molar-refractivity contribution in [2.45, 2.75) is 6.92 Å². The maximum absolute atomic E-state index is 12.7. The van der Waals surface area contributed by atoms with Crippen molar-refractivity contribution < 1.29 is 14.3 Å². The number of hydrogen-bond donors (Lipinski definition) is 3. The molecule has 0 radical (unpaired) electrons. The van der Waals surface area contributed by atoms with Gasteiger partial charge in [-0.1, -0.05) is 23.4 Å². The first-order valence-corrected chi connectivity index (χ1v) is 8.08. The number of nitrogen functional groups attached to an aromatic ring is 1. The number of benzene rings is 1. The molecule has 0 spiro atoms. The molecule has 0 fully saturated rings. The fourth-order valence-electron chi connectivity index (χ4n) is 2.46. The van der Waals surface area contributed by atoms with Crippen LogP contribution in [-0.4, -0.2) is 38.0 Å². The number of nitrogens with one attached hydrogen (secondary N) is 1. The van der Waals surface area contributed by atoms with E-state index in [2.05, 4.69) is 25.4 Å². The highest BCUT2D eigenvalue weighted by Gasteiger charge is 2.18. The molecule has 28 heavy (non-hydrogen) atoms. The molecule has 3 rings (SSSR count). The summed E-state index contributed by atoms with van der Waals surface area (Å²) in [5.41, 5.74) is 12.1. The molecule has 146 valence electrons. The van der Waals surface area contributed by atoms with Crippen LogP contribution < -0.4 is 22.3 Å². The van der Waals surface area contributed by atoms with Gasteiger partial charge in [0.15, 0.2) is 24.0 Å². The summed E-state index contributed by atoms with van der Waals surface area (Å²) in [6, 6.07) is 9.06. The van der Waals surface area contributed by atoms with Crippen LogP contribution in [0.15, 0.2) is 44.9 Å². The molecule has 0 saturated heterocycles. The fraction of sp³-hybridized carbons (Fsp3) is 0.188. The molecule has 0 unspecified atom stereocenters. The van der Waals surface area contributed by atoms with Crippen LogP contribution in [0.3, 0.4) is 0 Å². The number of carbonyl (C=O) groups excluding carboxylic acids is 1. The lowest BCUT2D eigenvalue weighted by atomic mass is 10.3. The Morgan fingerprint density at radius 1 is 1.32 bits per heavy atom. The number of oxime groups is 1. The number of hydrogen-bond acceptors (Lipinski definition) is 8. The van der Waals surface area contributed by atoms with Gasteiger partial charge in [0.25, 0.3) is 11.5 Å². The Balaban J connectivity index is 1.71. The van der Waals surface area contributed by atoms with E-state index in [9.17, 15) is 9.59 Å². The summed E-state index contributed by atoms with van der Waals surface area (Å²) < 4.78 is 7.48. The summed E-state index contributed by atoms with van der Waals surface area (Å²) in [7, 11) is 1.72. The molecule has 0 aliphatic heterocycles. The first-order chi connectivity index (χ1) is 13.4.